The highest BCUT2D eigenvalue weighted by atomic mass is 16.2. The standard InChI is InChI=1S/C14H21N3O/c1-11-6-7-15-13(9-11)17-8-4-5-12(10-17)14(18)16(2)3/h6-7,9,12H,4-5,8,10H2,1-3H3. The quantitative estimate of drug-likeness (QED) is 0.798. The maximum Gasteiger partial charge on any atom is 0.226 e. The van der Waals surface area contributed by atoms with Crippen molar-refractivity contribution in [1.82, 2.24) is 9.88 Å². The number of piperidine rings is 1. The summed E-state index contributed by atoms with van der Waals surface area (Å²) < 4.78 is 0. The summed E-state index contributed by atoms with van der Waals surface area (Å²) in [6.07, 6.45) is 3.88. The highest BCUT2D eigenvalue weighted by molar-refractivity contribution is 5.79. The number of hydrogen-bond acceptors (Lipinski definition) is 3. The Labute approximate surface area is 109 Å². The Bertz CT molecular complexity index is 431. The molecule has 1 aliphatic heterocycles. The summed E-state index contributed by atoms with van der Waals surface area (Å²) in [7, 11) is 3.65. The van der Waals surface area contributed by atoms with Crippen LogP contribution >= 0.6 is 0 Å². The molecule has 1 aromatic heterocycles. The molecular formula is C14H21N3O. The molecule has 18 heavy (non-hydrogen) atoms. The average molecular weight is 247 g/mol. The number of pyridine rings is 1. The second kappa shape index (κ2) is 5.38. The molecule has 1 fully saturated rings. The van der Waals surface area contributed by atoms with Gasteiger partial charge in [-0.2, -0.15) is 0 Å². The van der Waals surface area contributed by atoms with Crippen LogP contribution in [0, 0.1) is 12.8 Å². The fourth-order valence-corrected chi connectivity index (χ4v) is 2.45. The predicted octanol–water partition coefficient (Wildman–Crippen LogP) is 1.69. The van der Waals surface area contributed by atoms with E-state index in [0.29, 0.717) is 0 Å². The number of anilines is 1. The molecule has 0 aromatic carbocycles. The highest BCUT2D eigenvalue weighted by Crippen LogP contribution is 2.23. The number of hydrogen-bond donors (Lipinski definition) is 0. The van der Waals surface area contributed by atoms with E-state index in [2.05, 4.69) is 22.9 Å². The third kappa shape index (κ3) is 2.81. The van der Waals surface area contributed by atoms with Crippen LogP contribution in [0.3, 0.4) is 0 Å². The van der Waals surface area contributed by atoms with Crippen LogP contribution in [-0.2, 0) is 4.79 Å². The van der Waals surface area contributed by atoms with E-state index in [1.54, 1.807) is 4.90 Å². The van der Waals surface area contributed by atoms with Gasteiger partial charge in [0.15, 0.2) is 0 Å². The van der Waals surface area contributed by atoms with Gasteiger partial charge in [0.2, 0.25) is 5.91 Å². The summed E-state index contributed by atoms with van der Waals surface area (Å²) in [4.78, 5) is 20.3. The minimum Gasteiger partial charge on any atom is -0.356 e. The van der Waals surface area contributed by atoms with Gasteiger partial charge in [-0.25, -0.2) is 4.98 Å². The molecule has 0 spiro atoms. The predicted molar refractivity (Wildman–Crippen MR) is 72.6 cm³/mol. The molecule has 2 heterocycles. The first-order valence-corrected chi connectivity index (χ1v) is 6.46. The van der Waals surface area contributed by atoms with Gasteiger partial charge in [-0.3, -0.25) is 4.79 Å². The van der Waals surface area contributed by atoms with E-state index in [1.165, 1.54) is 5.56 Å². The Morgan fingerprint density at radius 1 is 1.50 bits per heavy atom. The molecule has 4 nitrogen and oxygen atoms in total. The van der Waals surface area contributed by atoms with E-state index < -0.39 is 0 Å². The largest absolute Gasteiger partial charge is 0.356 e. The van der Waals surface area contributed by atoms with Crippen molar-refractivity contribution in [3.63, 3.8) is 0 Å². The summed E-state index contributed by atoms with van der Waals surface area (Å²) in [6, 6.07) is 4.08. The number of carbonyl (C=O) groups excluding carboxylic acids is 1. The van der Waals surface area contributed by atoms with E-state index >= 15 is 0 Å². The van der Waals surface area contributed by atoms with Crippen LogP contribution in [-0.4, -0.2) is 43.0 Å². The van der Waals surface area contributed by atoms with Crippen molar-refractivity contribution >= 4 is 11.7 Å². The number of amides is 1. The van der Waals surface area contributed by atoms with E-state index in [-0.39, 0.29) is 11.8 Å². The Hall–Kier alpha value is -1.58. The van der Waals surface area contributed by atoms with Crippen molar-refractivity contribution in [2.75, 3.05) is 32.1 Å². The zero-order chi connectivity index (χ0) is 13.1. The van der Waals surface area contributed by atoms with Crippen LogP contribution in [0.4, 0.5) is 5.82 Å². The summed E-state index contributed by atoms with van der Waals surface area (Å²) in [5, 5.41) is 0. The molecule has 1 aromatic rings. The fourth-order valence-electron chi connectivity index (χ4n) is 2.45. The highest BCUT2D eigenvalue weighted by Gasteiger charge is 2.27. The molecule has 0 saturated carbocycles. The van der Waals surface area contributed by atoms with Gasteiger partial charge in [0, 0.05) is 33.4 Å². The van der Waals surface area contributed by atoms with Crippen LogP contribution < -0.4 is 4.90 Å². The Balaban J connectivity index is 2.09. The summed E-state index contributed by atoms with van der Waals surface area (Å²) in [5.41, 5.74) is 1.21. The molecule has 0 aliphatic carbocycles. The molecule has 1 saturated heterocycles. The van der Waals surface area contributed by atoms with E-state index in [4.69, 9.17) is 0 Å². The number of nitrogens with zero attached hydrogens (tertiary/aromatic N) is 3. The van der Waals surface area contributed by atoms with E-state index in [1.807, 2.05) is 26.4 Å². The van der Waals surface area contributed by atoms with Gasteiger partial charge in [-0.1, -0.05) is 0 Å². The Kier molecular flexibility index (Phi) is 3.84. The molecular weight excluding hydrogens is 226 g/mol. The van der Waals surface area contributed by atoms with Gasteiger partial charge in [0.1, 0.15) is 5.82 Å². The second-order valence-corrected chi connectivity index (χ2v) is 5.21. The van der Waals surface area contributed by atoms with Crippen LogP contribution in [0.25, 0.3) is 0 Å². The van der Waals surface area contributed by atoms with Crippen LogP contribution in [0.1, 0.15) is 18.4 Å². The molecule has 1 aliphatic rings. The molecule has 1 atom stereocenters. The van der Waals surface area contributed by atoms with Gasteiger partial charge < -0.3 is 9.80 Å². The molecule has 0 N–H and O–H groups in total. The second-order valence-electron chi connectivity index (χ2n) is 5.21. The van der Waals surface area contributed by atoms with E-state index in [9.17, 15) is 4.79 Å². The van der Waals surface area contributed by atoms with Crippen molar-refractivity contribution in [3.8, 4) is 0 Å². The molecule has 1 unspecified atom stereocenters. The van der Waals surface area contributed by atoms with Crippen molar-refractivity contribution < 1.29 is 4.79 Å². The van der Waals surface area contributed by atoms with Gasteiger partial charge >= 0.3 is 0 Å². The Morgan fingerprint density at radius 2 is 2.28 bits per heavy atom. The summed E-state index contributed by atoms with van der Waals surface area (Å²) in [6.45, 7) is 3.85. The minimum absolute atomic E-state index is 0.107. The lowest BCUT2D eigenvalue weighted by molar-refractivity contribution is -0.133. The van der Waals surface area contributed by atoms with Crippen molar-refractivity contribution in [1.29, 1.82) is 0 Å². The van der Waals surface area contributed by atoms with Crippen LogP contribution in [0.5, 0.6) is 0 Å². The number of aromatic nitrogens is 1. The number of aryl methyl sites for hydroxylation is 1. The fraction of sp³-hybridized carbons (Fsp3) is 0.571. The zero-order valence-corrected chi connectivity index (χ0v) is 11.4. The number of rotatable bonds is 2. The topological polar surface area (TPSA) is 36.4 Å². The van der Waals surface area contributed by atoms with Gasteiger partial charge in [-0.15, -0.1) is 0 Å². The molecule has 98 valence electrons. The maximum atomic E-state index is 12.0. The normalized spacial score (nSPS) is 19.7. The lowest BCUT2D eigenvalue weighted by Crippen LogP contribution is -2.43. The minimum atomic E-state index is 0.107. The molecule has 0 radical (unpaired) electrons. The summed E-state index contributed by atoms with van der Waals surface area (Å²) in [5.74, 6) is 1.33. The lowest BCUT2D eigenvalue weighted by Gasteiger charge is -2.34. The zero-order valence-electron chi connectivity index (χ0n) is 11.4. The van der Waals surface area contributed by atoms with Crippen molar-refractivity contribution in [2.24, 2.45) is 5.92 Å². The third-order valence-electron chi connectivity index (χ3n) is 3.44. The molecule has 1 amide bonds. The smallest absolute Gasteiger partial charge is 0.226 e. The van der Waals surface area contributed by atoms with Crippen molar-refractivity contribution in [3.05, 3.63) is 23.9 Å². The van der Waals surface area contributed by atoms with Crippen LogP contribution in [0.2, 0.25) is 0 Å². The number of carbonyl (C=O) groups is 1. The maximum absolute atomic E-state index is 12.0. The van der Waals surface area contributed by atoms with Gasteiger partial charge in [0.25, 0.3) is 0 Å². The first-order chi connectivity index (χ1) is 8.58. The average Bonchev–Trinajstić information content (AvgIpc) is 2.38. The van der Waals surface area contributed by atoms with Gasteiger partial charge in [-0.05, 0) is 37.5 Å². The van der Waals surface area contributed by atoms with E-state index in [0.717, 1.165) is 31.7 Å². The first kappa shape index (κ1) is 12.9. The summed E-state index contributed by atoms with van der Waals surface area (Å²) >= 11 is 0. The molecule has 4 heteroatoms. The lowest BCUT2D eigenvalue weighted by atomic mass is 9.96. The monoisotopic (exact) mass is 247 g/mol. The SMILES string of the molecule is Cc1ccnc(N2CCCC(C(=O)N(C)C)C2)c1. The third-order valence-corrected chi connectivity index (χ3v) is 3.44. The first-order valence-electron chi connectivity index (χ1n) is 6.46. The van der Waals surface area contributed by atoms with Gasteiger partial charge in [0.05, 0.1) is 5.92 Å². The Morgan fingerprint density at radius 3 is 2.94 bits per heavy atom. The van der Waals surface area contributed by atoms with Crippen molar-refractivity contribution in [2.45, 2.75) is 19.8 Å². The molecule has 0 bridgehead atoms. The molecule has 2 rings (SSSR count). The van der Waals surface area contributed by atoms with Crippen LogP contribution in [0.15, 0.2) is 18.3 Å².